The first-order chi connectivity index (χ1) is 9.11. The van der Waals surface area contributed by atoms with Crippen molar-refractivity contribution < 1.29 is 9.90 Å². The fraction of sp³-hybridized carbons (Fsp3) is 0.308. The average molecular weight is 324 g/mol. The molecule has 0 aliphatic rings. The Morgan fingerprint density at radius 3 is 2.95 bits per heavy atom. The number of anilines is 1. The van der Waals surface area contributed by atoms with Crippen molar-refractivity contribution >= 4 is 38.6 Å². The summed E-state index contributed by atoms with van der Waals surface area (Å²) in [7, 11) is 0. The average Bonchev–Trinajstić information content (AvgIpc) is 2.37. The molecule has 6 heteroatoms. The summed E-state index contributed by atoms with van der Waals surface area (Å²) in [5.74, 6) is -0.316. The summed E-state index contributed by atoms with van der Waals surface area (Å²) in [5.41, 5.74) is 0.771. The summed E-state index contributed by atoms with van der Waals surface area (Å²) < 4.78 is 0.924. The van der Waals surface area contributed by atoms with Crippen LogP contribution < -0.4 is 5.32 Å². The van der Waals surface area contributed by atoms with Gasteiger partial charge in [-0.3, -0.25) is 0 Å². The Morgan fingerprint density at radius 2 is 2.26 bits per heavy atom. The molecule has 19 heavy (non-hydrogen) atoms. The molecule has 1 heterocycles. The molecule has 1 atom stereocenters. The van der Waals surface area contributed by atoms with E-state index in [1.165, 1.54) is 6.33 Å². The van der Waals surface area contributed by atoms with E-state index in [9.17, 15) is 4.79 Å². The van der Waals surface area contributed by atoms with Crippen LogP contribution in [-0.2, 0) is 4.79 Å². The number of nitrogens with zero attached hydrogens (tertiary/aromatic N) is 2. The van der Waals surface area contributed by atoms with Gasteiger partial charge in [0, 0.05) is 9.86 Å². The zero-order chi connectivity index (χ0) is 13.8. The zero-order valence-corrected chi connectivity index (χ0v) is 12.0. The zero-order valence-electron chi connectivity index (χ0n) is 10.4. The molecule has 0 amide bonds. The van der Waals surface area contributed by atoms with E-state index in [4.69, 9.17) is 5.11 Å². The SMILES string of the molecule is CCCC(Nc1ncnc2cc(Br)ccc12)C(=O)O. The first-order valence-electron chi connectivity index (χ1n) is 6.01. The number of carbonyl (C=O) groups is 1. The van der Waals surface area contributed by atoms with Crippen molar-refractivity contribution in [3.63, 3.8) is 0 Å². The van der Waals surface area contributed by atoms with Crippen molar-refractivity contribution in [2.75, 3.05) is 5.32 Å². The van der Waals surface area contributed by atoms with Gasteiger partial charge in [-0.1, -0.05) is 29.3 Å². The third kappa shape index (κ3) is 3.20. The van der Waals surface area contributed by atoms with Gasteiger partial charge in [0.15, 0.2) is 0 Å². The molecule has 0 aliphatic heterocycles. The summed E-state index contributed by atoms with van der Waals surface area (Å²) in [6.45, 7) is 1.95. The van der Waals surface area contributed by atoms with Crippen molar-refractivity contribution in [3.05, 3.63) is 29.0 Å². The van der Waals surface area contributed by atoms with Crippen LogP contribution >= 0.6 is 15.9 Å². The Bertz CT molecular complexity index is 603. The number of fused-ring (bicyclic) bond motifs is 1. The Balaban J connectivity index is 2.36. The van der Waals surface area contributed by atoms with Crippen LogP contribution in [0.5, 0.6) is 0 Å². The van der Waals surface area contributed by atoms with E-state index >= 15 is 0 Å². The standard InChI is InChI=1S/C13H14BrN3O2/c1-2-3-10(13(18)19)17-12-9-5-4-8(14)6-11(9)15-7-16-12/h4-7,10H,2-3H2,1H3,(H,18,19)(H,15,16,17). The van der Waals surface area contributed by atoms with E-state index < -0.39 is 12.0 Å². The number of hydrogen-bond acceptors (Lipinski definition) is 4. The van der Waals surface area contributed by atoms with Gasteiger partial charge in [-0.2, -0.15) is 0 Å². The van der Waals surface area contributed by atoms with Gasteiger partial charge in [-0.05, 0) is 24.6 Å². The number of benzene rings is 1. The lowest BCUT2D eigenvalue weighted by molar-refractivity contribution is -0.138. The lowest BCUT2D eigenvalue weighted by Gasteiger charge is -2.15. The minimum absolute atomic E-state index is 0.553. The third-order valence-corrected chi connectivity index (χ3v) is 3.28. The minimum Gasteiger partial charge on any atom is -0.480 e. The van der Waals surface area contributed by atoms with Gasteiger partial charge < -0.3 is 10.4 Å². The van der Waals surface area contributed by atoms with Gasteiger partial charge in [-0.25, -0.2) is 14.8 Å². The van der Waals surface area contributed by atoms with Crippen LogP contribution in [0.25, 0.3) is 10.9 Å². The topological polar surface area (TPSA) is 75.1 Å². The predicted molar refractivity (Wildman–Crippen MR) is 77.2 cm³/mol. The Morgan fingerprint density at radius 1 is 1.47 bits per heavy atom. The molecule has 2 rings (SSSR count). The quantitative estimate of drug-likeness (QED) is 0.884. The molecule has 0 spiro atoms. The fourth-order valence-corrected chi connectivity index (χ4v) is 2.21. The van der Waals surface area contributed by atoms with Crippen LogP contribution in [0.2, 0.25) is 0 Å². The predicted octanol–water partition coefficient (Wildman–Crippen LogP) is 3.06. The molecule has 100 valence electrons. The van der Waals surface area contributed by atoms with Gasteiger partial charge in [0.1, 0.15) is 18.2 Å². The maximum Gasteiger partial charge on any atom is 0.326 e. The molecule has 0 radical (unpaired) electrons. The molecule has 0 saturated heterocycles. The molecule has 0 fully saturated rings. The molecule has 1 aromatic heterocycles. The van der Waals surface area contributed by atoms with E-state index in [0.29, 0.717) is 12.2 Å². The highest BCUT2D eigenvalue weighted by Gasteiger charge is 2.17. The fourth-order valence-electron chi connectivity index (χ4n) is 1.86. The number of aromatic nitrogens is 2. The van der Waals surface area contributed by atoms with Gasteiger partial charge in [-0.15, -0.1) is 0 Å². The molecule has 2 aromatic rings. The Labute approximate surface area is 119 Å². The van der Waals surface area contributed by atoms with E-state index in [1.807, 2.05) is 25.1 Å². The van der Waals surface area contributed by atoms with Crippen LogP contribution in [0.1, 0.15) is 19.8 Å². The maximum absolute atomic E-state index is 11.2. The number of nitrogens with one attached hydrogen (secondary N) is 1. The summed E-state index contributed by atoms with van der Waals surface area (Å²) in [5, 5.41) is 13.0. The number of halogens is 1. The van der Waals surface area contributed by atoms with Crippen LogP contribution in [0.15, 0.2) is 29.0 Å². The molecule has 0 saturated carbocycles. The number of carboxylic acid groups (broad SMARTS) is 1. The normalized spacial score (nSPS) is 12.3. The molecule has 0 bridgehead atoms. The van der Waals surface area contributed by atoms with Crippen molar-refractivity contribution in [1.29, 1.82) is 0 Å². The largest absolute Gasteiger partial charge is 0.480 e. The highest BCUT2D eigenvalue weighted by atomic mass is 79.9. The van der Waals surface area contributed by atoms with Crippen molar-refractivity contribution in [2.24, 2.45) is 0 Å². The monoisotopic (exact) mass is 323 g/mol. The van der Waals surface area contributed by atoms with Crippen LogP contribution in [-0.4, -0.2) is 27.1 Å². The second-order valence-electron chi connectivity index (χ2n) is 4.21. The number of carboxylic acids is 1. The van der Waals surface area contributed by atoms with Crippen LogP contribution in [0.4, 0.5) is 5.82 Å². The molecular weight excluding hydrogens is 310 g/mol. The maximum atomic E-state index is 11.2. The highest BCUT2D eigenvalue weighted by molar-refractivity contribution is 9.10. The number of rotatable bonds is 5. The van der Waals surface area contributed by atoms with E-state index in [0.717, 1.165) is 21.8 Å². The van der Waals surface area contributed by atoms with Gasteiger partial charge in [0.05, 0.1) is 5.52 Å². The second kappa shape index (κ2) is 5.97. The smallest absolute Gasteiger partial charge is 0.326 e. The number of hydrogen-bond donors (Lipinski definition) is 2. The molecule has 0 aliphatic carbocycles. The van der Waals surface area contributed by atoms with E-state index in [-0.39, 0.29) is 0 Å². The van der Waals surface area contributed by atoms with Gasteiger partial charge in [0.25, 0.3) is 0 Å². The van der Waals surface area contributed by atoms with E-state index in [1.54, 1.807) is 0 Å². The van der Waals surface area contributed by atoms with Gasteiger partial charge >= 0.3 is 5.97 Å². The summed E-state index contributed by atoms with van der Waals surface area (Å²) >= 11 is 3.38. The molecule has 1 unspecified atom stereocenters. The summed E-state index contributed by atoms with van der Waals surface area (Å²) in [4.78, 5) is 19.5. The van der Waals surface area contributed by atoms with Gasteiger partial charge in [0.2, 0.25) is 0 Å². The summed E-state index contributed by atoms with van der Waals surface area (Å²) in [6.07, 6.45) is 2.78. The molecule has 5 nitrogen and oxygen atoms in total. The Hall–Kier alpha value is -1.69. The Kier molecular flexibility index (Phi) is 4.31. The lowest BCUT2D eigenvalue weighted by atomic mass is 10.1. The lowest BCUT2D eigenvalue weighted by Crippen LogP contribution is -2.29. The minimum atomic E-state index is -0.870. The molecule has 1 aromatic carbocycles. The van der Waals surface area contributed by atoms with E-state index in [2.05, 4.69) is 31.2 Å². The van der Waals surface area contributed by atoms with Crippen molar-refractivity contribution in [1.82, 2.24) is 9.97 Å². The first-order valence-corrected chi connectivity index (χ1v) is 6.80. The molecule has 2 N–H and O–H groups in total. The number of aliphatic carboxylic acids is 1. The van der Waals surface area contributed by atoms with Crippen LogP contribution in [0, 0.1) is 0 Å². The third-order valence-electron chi connectivity index (χ3n) is 2.78. The van der Waals surface area contributed by atoms with Crippen molar-refractivity contribution in [2.45, 2.75) is 25.8 Å². The molecular formula is C13H14BrN3O2. The van der Waals surface area contributed by atoms with Crippen LogP contribution in [0.3, 0.4) is 0 Å². The van der Waals surface area contributed by atoms with Crippen molar-refractivity contribution in [3.8, 4) is 0 Å². The highest BCUT2D eigenvalue weighted by Crippen LogP contribution is 2.23. The second-order valence-corrected chi connectivity index (χ2v) is 5.12. The first kappa shape index (κ1) is 13.7. The summed E-state index contributed by atoms with van der Waals surface area (Å²) in [6, 6.07) is 4.99.